The first kappa shape index (κ1) is 20.9. The summed E-state index contributed by atoms with van der Waals surface area (Å²) in [5, 5.41) is 13.3. The molecule has 2 atom stereocenters. The molecule has 28 heavy (non-hydrogen) atoms. The summed E-state index contributed by atoms with van der Waals surface area (Å²) in [6.07, 6.45) is -0.621. The zero-order valence-corrected chi connectivity index (χ0v) is 15.7. The molecule has 0 saturated heterocycles. The predicted molar refractivity (Wildman–Crippen MR) is 102 cm³/mol. The van der Waals surface area contributed by atoms with E-state index in [2.05, 4.69) is 5.32 Å². The number of nitro benzene ring substituents is 1. The van der Waals surface area contributed by atoms with E-state index in [1.54, 1.807) is 6.92 Å². The lowest BCUT2D eigenvalue weighted by Crippen LogP contribution is -2.48. The van der Waals surface area contributed by atoms with E-state index >= 15 is 0 Å². The number of amides is 1. The van der Waals surface area contributed by atoms with E-state index in [4.69, 9.17) is 9.47 Å². The lowest BCUT2D eigenvalue weighted by molar-refractivity contribution is -0.384. The van der Waals surface area contributed by atoms with Crippen molar-refractivity contribution in [3.63, 3.8) is 0 Å². The molecule has 1 amide bonds. The Bertz CT molecular complexity index is 807. The van der Waals surface area contributed by atoms with Crippen LogP contribution in [-0.2, 0) is 20.7 Å². The van der Waals surface area contributed by atoms with Gasteiger partial charge in [0.2, 0.25) is 0 Å². The summed E-state index contributed by atoms with van der Waals surface area (Å²) in [7, 11) is 0. The van der Waals surface area contributed by atoms with Crippen molar-refractivity contribution in [1.82, 2.24) is 5.32 Å². The number of rotatable bonds is 9. The van der Waals surface area contributed by atoms with Crippen molar-refractivity contribution in [2.24, 2.45) is 0 Å². The number of nitro groups is 1. The molecule has 8 heteroatoms. The largest absolute Gasteiger partial charge is 0.481 e. The SMILES string of the molecule is CCOC(=O)C(Cc1ccccc1)NC(=O)C(C)Oc1ccc([N+](=O)[O-])cc1. The Morgan fingerprint density at radius 1 is 1.11 bits per heavy atom. The van der Waals surface area contributed by atoms with Gasteiger partial charge in [-0.15, -0.1) is 0 Å². The molecular weight excluding hydrogens is 364 g/mol. The Kier molecular flexibility index (Phi) is 7.50. The van der Waals surface area contributed by atoms with Gasteiger partial charge in [-0.2, -0.15) is 0 Å². The second-order valence-electron chi connectivity index (χ2n) is 6.01. The van der Waals surface area contributed by atoms with Gasteiger partial charge in [0.05, 0.1) is 11.5 Å². The van der Waals surface area contributed by atoms with Crippen molar-refractivity contribution in [2.45, 2.75) is 32.4 Å². The van der Waals surface area contributed by atoms with Crippen LogP contribution in [0.3, 0.4) is 0 Å². The molecule has 0 fully saturated rings. The van der Waals surface area contributed by atoms with Gasteiger partial charge >= 0.3 is 5.97 Å². The molecule has 2 unspecified atom stereocenters. The average Bonchev–Trinajstić information content (AvgIpc) is 2.68. The van der Waals surface area contributed by atoms with Crippen LogP contribution in [0.5, 0.6) is 5.75 Å². The van der Waals surface area contributed by atoms with E-state index in [1.165, 1.54) is 31.2 Å². The van der Waals surface area contributed by atoms with Gasteiger partial charge in [0.15, 0.2) is 6.10 Å². The predicted octanol–water partition coefficient (Wildman–Crippen LogP) is 2.65. The third-order valence-electron chi connectivity index (χ3n) is 3.90. The van der Waals surface area contributed by atoms with Crippen LogP contribution in [0.1, 0.15) is 19.4 Å². The summed E-state index contributed by atoms with van der Waals surface area (Å²) >= 11 is 0. The Morgan fingerprint density at radius 3 is 2.32 bits per heavy atom. The molecule has 0 aliphatic carbocycles. The maximum Gasteiger partial charge on any atom is 0.328 e. The van der Waals surface area contributed by atoms with Gasteiger partial charge in [-0.05, 0) is 31.5 Å². The number of hydrogen-bond acceptors (Lipinski definition) is 6. The number of esters is 1. The fourth-order valence-electron chi connectivity index (χ4n) is 2.48. The van der Waals surface area contributed by atoms with Crippen LogP contribution in [0.15, 0.2) is 54.6 Å². The number of carbonyl (C=O) groups excluding carboxylic acids is 2. The van der Waals surface area contributed by atoms with Gasteiger partial charge in [0.1, 0.15) is 11.8 Å². The molecule has 2 aromatic carbocycles. The van der Waals surface area contributed by atoms with Crippen LogP contribution < -0.4 is 10.1 Å². The van der Waals surface area contributed by atoms with Crippen LogP contribution in [0, 0.1) is 10.1 Å². The second-order valence-corrected chi connectivity index (χ2v) is 6.01. The zero-order chi connectivity index (χ0) is 20.5. The van der Waals surface area contributed by atoms with Crippen molar-refractivity contribution < 1.29 is 24.0 Å². The first-order chi connectivity index (χ1) is 13.4. The normalized spacial score (nSPS) is 12.5. The number of nitrogens with zero attached hydrogens (tertiary/aromatic N) is 1. The minimum absolute atomic E-state index is 0.0744. The van der Waals surface area contributed by atoms with Crippen LogP contribution in [0.25, 0.3) is 0 Å². The smallest absolute Gasteiger partial charge is 0.328 e. The molecule has 0 aromatic heterocycles. The van der Waals surface area contributed by atoms with Gasteiger partial charge in [-0.1, -0.05) is 30.3 Å². The lowest BCUT2D eigenvalue weighted by Gasteiger charge is -2.20. The summed E-state index contributed by atoms with van der Waals surface area (Å²) in [5.41, 5.74) is 0.805. The van der Waals surface area contributed by atoms with Gasteiger partial charge in [0, 0.05) is 18.6 Å². The maximum atomic E-state index is 12.5. The van der Waals surface area contributed by atoms with Gasteiger partial charge in [-0.3, -0.25) is 14.9 Å². The molecule has 0 aliphatic heterocycles. The van der Waals surface area contributed by atoms with Gasteiger partial charge < -0.3 is 14.8 Å². The van der Waals surface area contributed by atoms with Crippen molar-refractivity contribution in [2.75, 3.05) is 6.61 Å². The van der Waals surface area contributed by atoms with Crippen LogP contribution >= 0.6 is 0 Å². The van der Waals surface area contributed by atoms with Crippen molar-refractivity contribution in [3.8, 4) is 5.75 Å². The summed E-state index contributed by atoms with van der Waals surface area (Å²) < 4.78 is 10.6. The zero-order valence-electron chi connectivity index (χ0n) is 15.7. The van der Waals surface area contributed by atoms with E-state index < -0.39 is 28.9 Å². The third-order valence-corrected chi connectivity index (χ3v) is 3.90. The monoisotopic (exact) mass is 386 g/mol. The number of nitrogens with one attached hydrogen (secondary N) is 1. The van der Waals surface area contributed by atoms with Crippen molar-refractivity contribution in [1.29, 1.82) is 0 Å². The molecule has 2 rings (SSSR count). The van der Waals surface area contributed by atoms with E-state index in [9.17, 15) is 19.7 Å². The van der Waals surface area contributed by atoms with Gasteiger partial charge in [0.25, 0.3) is 11.6 Å². The molecular formula is C20H22N2O6. The van der Waals surface area contributed by atoms with Crippen LogP contribution in [0.2, 0.25) is 0 Å². The van der Waals surface area contributed by atoms with Gasteiger partial charge in [-0.25, -0.2) is 4.79 Å². The fourth-order valence-corrected chi connectivity index (χ4v) is 2.48. The molecule has 2 aromatic rings. The number of carbonyl (C=O) groups is 2. The molecule has 8 nitrogen and oxygen atoms in total. The first-order valence-corrected chi connectivity index (χ1v) is 8.82. The molecule has 0 bridgehead atoms. The summed E-state index contributed by atoms with van der Waals surface area (Å²) in [6, 6.07) is 13.8. The summed E-state index contributed by atoms with van der Waals surface area (Å²) in [5.74, 6) is -0.710. The van der Waals surface area contributed by atoms with Crippen molar-refractivity contribution in [3.05, 3.63) is 70.3 Å². The molecule has 0 aliphatic rings. The van der Waals surface area contributed by atoms with Crippen LogP contribution in [0.4, 0.5) is 5.69 Å². The standard InChI is InChI=1S/C20H22N2O6/c1-3-27-20(24)18(13-15-7-5-4-6-8-15)21-19(23)14(2)28-17-11-9-16(10-12-17)22(25)26/h4-12,14,18H,3,13H2,1-2H3,(H,21,23). The molecule has 0 spiro atoms. The van der Waals surface area contributed by atoms with E-state index in [0.29, 0.717) is 5.75 Å². The Hall–Kier alpha value is -3.42. The Labute approximate surface area is 162 Å². The minimum atomic E-state index is -0.908. The van der Waals surface area contributed by atoms with E-state index in [1.807, 2.05) is 30.3 Å². The summed E-state index contributed by atoms with van der Waals surface area (Å²) in [6.45, 7) is 3.43. The summed E-state index contributed by atoms with van der Waals surface area (Å²) in [4.78, 5) is 34.9. The maximum absolute atomic E-state index is 12.5. The Morgan fingerprint density at radius 2 is 1.75 bits per heavy atom. The van der Waals surface area contributed by atoms with Crippen LogP contribution in [-0.4, -0.2) is 35.6 Å². The highest BCUT2D eigenvalue weighted by molar-refractivity contribution is 5.87. The van der Waals surface area contributed by atoms with Crippen molar-refractivity contribution >= 4 is 17.6 Å². The highest BCUT2D eigenvalue weighted by Crippen LogP contribution is 2.18. The highest BCUT2D eigenvalue weighted by Gasteiger charge is 2.25. The number of ether oxygens (including phenoxy) is 2. The van der Waals surface area contributed by atoms with E-state index in [0.717, 1.165) is 5.56 Å². The lowest BCUT2D eigenvalue weighted by atomic mass is 10.1. The molecule has 148 valence electrons. The quantitative estimate of drug-likeness (QED) is 0.403. The minimum Gasteiger partial charge on any atom is -0.481 e. The number of non-ortho nitro benzene ring substituents is 1. The molecule has 0 radical (unpaired) electrons. The van der Waals surface area contributed by atoms with E-state index in [-0.39, 0.29) is 18.7 Å². The molecule has 0 heterocycles. The molecule has 0 saturated carbocycles. The number of hydrogen-bond donors (Lipinski definition) is 1. The average molecular weight is 386 g/mol. The highest BCUT2D eigenvalue weighted by atomic mass is 16.6. The third kappa shape index (κ3) is 6.08. The molecule has 1 N–H and O–H groups in total. The Balaban J connectivity index is 2.02. The first-order valence-electron chi connectivity index (χ1n) is 8.82. The second kappa shape index (κ2) is 10.1. The topological polar surface area (TPSA) is 108 Å². The number of benzene rings is 2. The fraction of sp³-hybridized carbons (Fsp3) is 0.300.